The van der Waals surface area contributed by atoms with Crippen molar-refractivity contribution in [3.8, 4) is 39.9 Å². The van der Waals surface area contributed by atoms with Gasteiger partial charge in [-0.15, -0.1) is 0 Å². The van der Waals surface area contributed by atoms with Crippen molar-refractivity contribution in [3.63, 3.8) is 0 Å². The molecule has 7 heteroatoms. The quantitative estimate of drug-likeness (QED) is 0.212. The van der Waals surface area contributed by atoms with Gasteiger partial charge in [0, 0.05) is 56.2 Å². The van der Waals surface area contributed by atoms with E-state index in [1.54, 1.807) is 6.33 Å². The number of fused-ring (bicyclic) bond motifs is 6. The van der Waals surface area contributed by atoms with Crippen LogP contribution >= 0.6 is 0 Å². The number of benzene rings is 5. The highest BCUT2D eigenvalue weighted by atomic mass is 16.3. The van der Waals surface area contributed by atoms with Crippen LogP contribution in [0.15, 0.2) is 138 Å². The van der Waals surface area contributed by atoms with E-state index in [2.05, 4.69) is 39.9 Å². The Hall–Kier alpha value is -6.21. The van der Waals surface area contributed by atoms with E-state index in [0.717, 1.165) is 66.3 Å². The zero-order valence-electron chi connectivity index (χ0n) is 23.3. The molecule has 5 aromatic carbocycles. The molecule has 0 saturated carbocycles. The summed E-state index contributed by atoms with van der Waals surface area (Å²) in [7, 11) is 0. The lowest BCUT2D eigenvalue weighted by molar-refractivity contribution is 0.669. The molecule has 9 rings (SSSR count). The van der Waals surface area contributed by atoms with E-state index in [1.807, 2.05) is 97.2 Å². The van der Waals surface area contributed by atoms with E-state index in [0.29, 0.717) is 17.5 Å². The summed E-state index contributed by atoms with van der Waals surface area (Å²) in [5.74, 6) is 1.84. The van der Waals surface area contributed by atoms with E-state index in [4.69, 9.17) is 24.4 Å². The third-order valence-electron chi connectivity index (χ3n) is 7.99. The maximum Gasteiger partial charge on any atom is 0.164 e. The number of rotatable bonds is 4. The standard InChI is InChI=1S/C37H22N6O/c1-3-10-23(11-4-1)34-40-35(24-12-5-2-6-13-24)42-36(41-34)25-14-9-15-26(18-25)43-31-20-33-29(27-16-7-8-17-32(27)44-33)19-28(31)30-21-38-22-39-37(30)43/h1-22H. The average Bonchev–Trinajstić information content (AvgIpc) is 3.62. The summed E-state index contributed by atoms with van der Waals surface area (Å²) in [6.07, 6.45) is 3.47. The molecule has 0 spiro atoms. The van der Waals surface area contributed by atoms with Gasteiger partial charge < -0.3 is 4.42 Å². The zero-order chi connectivity index (χ0) is 29.0. The predicted octanol–water partition coefficient (Wildman–Crippen LogP) is 8.66. The fourth-order valence-electron chi connectivity index (χ4n) is 5.95. The molecule has 206 valence electrons. The van der Waals surface area contributed by atoms with Crippen LogP contribution in [0.1, 0.15) is 0 Å². The number of para-hydroxylation sites is 1. The normalized spacial score (nSPS) is 11.6. The second kappa shape index (κ2) is 9.68. The van der Waals surface area contributed by atoms with Gasteiger partial charge >= 0.3 is 0 Å². The minimum Gasteiger partial charge on any atom is -0.456 e. The van der Waals surface area contributed by atoms with Crippen LogP contribution in [0.3, 0.4) is 0 Å². The van der Waals surface area contributed by atoms with Gasteiger partial charge in [0.1, 0.15) is 23.1 Å². The monoisotopic (exact) mass is 566 g/mol. The van der Waals surface area contributed by atoms with Gasteiger partial charge in [-0.05, 0) is 24.3 Å². The summed E-state index contributed by atoms with van der Waals surface area (Å²) in [5, 5.41) is 4.18. The summed E-state index contributed by atoms with van der Waals surface area (Å²) < 4.78 is 8.43. The van der Waals surface area contributed by atoms with Gasteiger partial charge in [0.15, 0.2) is 17.5 Å². The van der Waals surface area contributed by atoms with Crippen molar-refractivity contribution in [2.24, 2.45) is 0 Å². The highest BCUT2D eigenvalue weighted by molar-refractivity contribution is 6.16. The van der Waals surface area contributed by atoms with Crippen molar-refractivity contribution in [2.75, 3.05) is 0 Å². The first kappa shape index (κ1) is 24.4. The van der Waals surface area contributed by atoms with E-state index >= 15 is 0 Å². The topological polar surface area (TPSA) is 82.5 Å². The second-order valence-electron chi connectivity index (χ2n) is 10.6. The molecule has 0 unspecified atom stereocenters. The Labute approximate surface area is 251 Å². The number of hydrogen-bond donors (Lipinski definition) is 0. The molecule has 0 aliphatic rings. The third kappa shape index (κ3) is 3.87. The molecule has 0 aliphatic carbocycles. The summed E-state index contributed by atoms with van der Waals surface area (Å²) >= 11 is 0. The molecule has 0 amide bonds. The third-order valence-corrected chi connectivity index (χ3v) is 7.99. The maximum atomic E-state index is 6.27. The first-order valence-corrected chi connectivity index (χ1v) is 14.3. The summed E-state index contributed by atoms with van der Waals surface area (Å²) in [4.78, 5) is 23.8. The van der Waals surface area contributed by atoms with Gasteiger partial charge in [0.05, 0.1) is 5.52 Å². The van der Waals surface area contributed by atoms with Crippen LogP contribution in [0, 0.1) is 0 Å². The number of nitrogens with zero attached hydrogens (tertiary/aromatic N) is 6. The lowest BCUT2D eigenvalue weighted by Gasteiger charge is -2.11. The van der Waals surface area contributed by atoms with Gasteiger partial charge in [-0.2, -0.15) is 0 Å². The van der Waals surface area contributed by atoms with E-state index in [-0.39, 0.29) is 0 Å². The van der Waals surface area contributed by atoms with Crippen molar-refractivity contribution in [1.82, 2.24) is 29.5 Å². The van der Waals surface area contributed by atoms with Crippen molar-refractivity contribution in [3.05, 3.63) is 134 Å². The van der Waals surface area contributed by atoms with Gasteiger partial charge in [0.25, 0.3) is 0 Å². The molecule has 7 nitrogen and oxygen atoms in total. The average molecular weight is 567 g/mol. The fourth-order valence-corrected chi connectivity index (χ4v) is 5.95. The molecule has 0 atom stereocenters. The Bertz CT molecular complexity index is 2440. The largest absolute Gasteiger partial charge is 0.456 e. The van der Waals surface area contributed by atoms with Crippen LogP contribution in [0.4, 0.5) is 0 Å². The van der Waals surface area contributed by atoms with Crippen LogP contribution in [0.25, 0.3) is 83.7 Å². The molecule has 9 aromatic rings. The lowest BCUT2D eigenvalue weighted by atomic mass is 10.1. The van der Waals surface area contributed by atoms with E-state index in [1.165, 1.54) is 0 Å². The molecule has 0 saturated heterocycles. The Balaban J connectivity index is 1.27. The molecule has 4 aromatic heterocycles. The molecule has 0 N–H and O–H groups in total. The molecule has 0 radical (unpaired) electrons. The number of aromatic nitrogens is 6. The van der Waals surface area contributed by atoms with Crippen LogP contribution in [-0.2, 0) is 0 Å². The van der Waals surface area contributed by atoms with Crippen molar-refractivity contribution in [2.45, 2.75) is 0 Å². The molecular weight excluding hydrogens is 544 g/mol. The van der Waals surface area contributed by atoms with Crippen LogP contribution in [-0.4, -0.2) is 29.5 Å². The van der Waals surface area contributed by atoms with Gasteiger partial charge in [-0.25, -0.2) is 24.9 Å². The summed E-state index contributed by atoms with van der Waals surface area (Å²) in [6, 6.07) is 40.6. The minimum atomic E-state index is 0.592. The smallest absolute Gasteiger partial charge is 0.164 e. The van der Waals surface area contributed by atoms with Crippen molar-refractivity contribution >= 4 is 43.9 Å². The second-order valence-corrected chi connectivity index (χ2v) is 10.6. The molecule has 44 heavy (non-hydrogen) atoms. The summed E-state index contributed by atoms with van der Waals surface area (Å²) in [5.41, 5.74) is 7.14. The van der Waals surface area contributed by atoms with Gasteiger partial charge in [-0.3, -0.25) is 4.57 Å². The highest BCUT2D eigenvalue weighted by Gasteiger charge is 2.18. The molecule has 0 fully saturated rings. The maximum absolute atomic E-state index is 6.27. The SMILES string of the molecule is c1ccc(-c2nc(-c3ccccc3)nc(-c3cccc(-n4c5cc6oc7ccccc7c6cc5c5cncnc54)c3)n2)cc1. The van der Waals surface area contributed by atoms with Gasteiger partial charge in [0.2, 0.25) is 0 Å². The molecule has 0 bridgehead atoms. The number of furan rings is 1. The number of hydrogen-bond acceptors (Lipinski definition) is 6. The summed E-state index contributed by atoms with van der Waals surface area (Å²) in [6.45, 7) is 0. The lowest BCUT2D eigenvalue weighted by Crippen LogP contribution is -2.01. The molecule has 4 heterocycles. The Morgan fingerprint density at radius 3 is 1.91 bits per heavy atom. The van der Waals surface area contributed by atoms with E-state index in [9.17, 15) is 0 Å². The Morgan fingerprint density at radius 1 is 0.500 bits per heavy atom. The fraction of sp³-hybridized carbons (Fsp3) is 0. The predicted molar refractivity (Wildman–Crippen MR) is 173 cm³/mol. The Kier molecular flexibility index (Phi) is 5.36. The minimum absolute atomic E-state index is 0.592. The Morgan fingerprint density at radius 2 is 1.16 bits per heavy atom. The highest BCUT2D eigenvalue weighted by Crippen LogP contribution is 2.38. The molecular formula is C37H22N6O. The van der Waals surface area contributed by atoms with E-state index < -0.39 is 0 Å². The van der Waals surface area contributed by atoms with Crippen molar-refractivity contribution < 1.29 is 4.42 Å². The molecule has 0 aliphatic heterocycles. The first-order valence-electron chi connectivity index (χ1n) is 14.3. The first-order chi connectivity index (χ1) is 21.8. The van der Waals surface area contributed by atoms with Crippen LogP contribution in [0.2, 0.25) is 0 Å². The van der Waals surface area contributed by atoms with Crippen molar-refractivity contribution in [1.29, 1.82) is 0 Å². The van der Waals surface area contributed by atoms with Crippen LogP contribution < -0.4 is 0 Å². The zero-order valence-corrected chi connectivity index (χ0v) is 23.3. The van der Waals surface area contributed by atoms with Crippen LogP contribution in [0.5, 0.6) is 0 Å². The van der Waals surface area contributed by atoms with Gasteiger partial charge in [-0.1, -0.05) is 91.0 Å².